The van der Waals surface area contributed by atoms with Gasteiger partial charge in [0.25, 0.3) is 5.91 Å². The van der Waals surface area contributed by atoms with Crippen molar-refractivity contribution in [2.24, 2.45) is 11.5 Å². The maximum atomic E-state index is 14.6. The molecule has 0 unspecified atom stereocenters. The van der Waals surface area contributed by atoms with Crippen molar-refractivity contribution < 1.29 is 14.0 Å². The van der Waals surface area contributed by atoms with Crippen LogP contribution < -0.4 is 22.1 Å². The number of aromatic nitrogens is 2. The van der Waals surface area contributed by atoms with Crippen molar-refractivity contribution in [2.45, 2.75) is 32.4 Å². The fourth-order valence-corrected chi connectivity index (χ4v) is 3.26. The molecule has 3 heterocycles. The van der Waals surface area contributed by atoms with Crippen LogP contribution in [0.4, 0.5) is 21.7 Å². The zero-order valence-corrected chi connectivity index (χ0v) is 16.3. The van der Waals surface area contributed by atoms with Gasteiger partial charge < -0.3 is 27.0 Å². The van der Waals surface area contributed by atoms with E-state index in [9.17, 15) is 14.0 Å². The van der Waals surface area contributed by atoms with E-state index in [2.05, 4.69) is 20.6 Å². The van der Waals surface area contributed by atoms with Gasteiger partial charge in [0, 0.05) is 38.3 Å². The number of piperidine rings is 1. The van der Waals surface area contributed by atoms with E-state index in [0.29, 0.717) is 25.2 Å². The lowest BCUT2D eigenvalue weighted by atomic mass is 10.00. The number of anilines is 3. The molecule has 2 aromatic rings. The van der Waals surface area contributed by atoms with Gasteiger partial charge in [-0.3, -0.25) is 14.6 Å². The Morgan fingerprint density at radius 2 is 2.03 bits per heavy atom. The largest absolute Gasteiger partial charge is 0.365 e. The van der Waals surface area contributed by atoms with Crippen LogP contribution >= 0.6 is 0 Å². The predicted molar refractivity (Wildman–Crippen MR) is 107 cm³/mol. The number of carbonyl (C=O) groups is 2. The van der Waals surface area contributed by atoms with Crippen LogP contribution in [0, 0.1) is 12.7 Å². The van der Waals surface area contributed by atoms with Crippen LogP contribution in [-0.4, -0.2) is 51.9 Å². The van der Waals surface area contributed by atoms with Gasteiger partial charge >= 0.3 is 0 Å². The molecule has 1 aliphatic rings. The summed E-state index contributed by atoms with van der Waals surface area (Å²) in [6, 6.07) is 2.19. The molecule has 0 aromatic carbocycles. The van der Waals surface area contributed by atoms with Gasteiger partial charge in [-0.05, 0) is 31.0 Å². The normalized spacial score (nSPS) is 19.0. The molecule has 0 saturated carbocycles. The highest BCUT2D eigenvalue weighted by molar-refractivity contribution is 5.98. The number of amides is 2. The molecule has 2 amide bonds. The van der Waals surface area contributed by atoms with Crippen LogP contribution in [0.5, 0.6) is 0 Å². The van der Waals surface area contributed by atoms with E-state index in [0.717, 1.165) is 11.6 Å². The fraction of sp³-hybridized carbons (Fsp3) is 0.368. The number of nitrogens with one attached hydrogen (secondary N) is 2. The van der Waals surface area contributed by atoms with Gasteiger partial charge in [-0.1, -0.05) is 0 Å². The number of pyridine rings is 2. The second kappa shape index (κ2) is 8.39. The minimum Gasteiger partial charge on any atom is -0.365 e. The summed E-state index contributed by atoms with van der Waals surface area (Å²) in [5.41, 5.74) is 13.0. The van der Waals surface area contributed by atoms with Crippen LogP contribution in [0.1, 0.15) is 29.3 Å². The van der Waals surface area contributed by atoms with Gasteiger partial charge in [0.05, 0.1) is 17.4 Å². The van der Waals surface area contributed by atoms with Crippen molar-refractivity contribution in [1.82, 2.24) is 14.9 Å². The smallest absolute Gasteiger partial charge is 0.252 e. The van der Waals surface area contributed by atoms with Crippen molar-refractivity contribution in [3.8, 4) is 0 Å². The Kier molecular flexibility index (Phi) is 5.92. The van der Waals surface area contributed by atoms with Gasteiger partial charge in [0.1, 0.15) is 5.82 Å². The monoisotopic (exact) mass is 401 g/mol. The molecule has 2 aromatic heterocycles. The van der Waals surface area contributed by atoms with Crippen molar-refractivity contribution in [3.05, 3.63) is 41.5 Å². The molecule has 0 spiro atoms. The quantitative estimate of drug-likeness (QED) is 0.589. The summed E-state index contributed by atoms with van der Waals surface area (Å²) in [4.78, 5) is 33.3. The summed E-state index contributed by atoms with van der Waals surface area (Å²) in [6.45, 7) is 4.24. The van der Waals surface area contributed by atoms with Gasteiger partial charge in [0.15, 0.2) is 11.6 Å². The maximum Gasteiger partial charge on any atom is 0.252 e. The van der Waals surface area contributed by atoms with E-state index in [1.54, 1.807) is 17.3 Å². The van der Waals surface area contributed by atoms with E-state index < -0.39 is 11.7 Å². The number of carbonyl (C=O) groups excluding carboxylic acids is 2. The number of primary amides is 1. The average Bonchev–Trinajstić information content (AvgIpc) is 2.65. The molecule has 9 nitrogen and oxygen atoms in total. The lowest BCUT2D eigenvalue weighted by molar-refractivity contribution is -0.130. The Balaban J connectivity index is 1.86. The number of likely N-dealkylation sites (tertiary alicyclic amines) is 1. The molecule has 0 bridgehead atoms. The van der Waals surface area contributed by atoms with Crippen LogP contribution in [0.25, 0.3) is 0 Å². The van der Waals surface area contributed by atoms with Crippen LogP contribution in [0.15, 0.2) is 24.5 Å². The number of halogens is 1. The van der Waals surface area contributed by atoms with Crippen molar-refractivity contribution in [1.29, 1.82) is 0 Å². The Hall–Kier alpha value is -3.27. The highest BCUT2D eigenvalue weighted by Gasteiger charge is 2.29. The number of nitrogens with zero attached hydrogens (tertiary/aromatic N) is 3. The van der Waals surface area contributed by atoms with E-state index in [-0.39, 0.29) is 35.2 Å². The molecule has 10 heteroatoms. The zero-order chi connectivity index (χ0) is 21.1. The van der Waals surface area contributed by atoms with Crippen molar-refractivity contribution in [2.75, 3.05) is 23.7 Å². The lowest BCUT2D eigenvalue weighted by Crippen LogP contribution is -2.55. The highest BCUT2D eigenvalue weighted by atomic mass is 19.1. The van der Waals surface area contributed by atoms with Crippen molar-refractivity contribution >= 4 is 29.1 Å². The second-order valence-corrected chi connectivity index (χ2v) is 7.12. The molecular weight excluding hydrogens is 377 g/mol. The third-order valence-corrected chi connectivity index (χ3v) is 4.80. The van der Waals surface area contributed by atoms with E-state index in [4.69, 9.17) is 11.5 Å². The fourth-order valence-electron chi connectivity index (χ4n) is 3.26. The molecule has 29 heavy (non-hydrogen) atoms. The molecule has 0 radical (unpaired) electrons. The first-order chi connectivity index (χ1) is 13.7. The van der Waals surface area contributed by atoms with E-state index in [1.165, 1.54) is 6.92 Å². The first-order valence-corrected chi connectivity index (χ1v) is 9.21. The third-order valence-electron chi connectivity index (χ3n) is 4.80. The summed E-state index contributed by atoms with van der Waals surface area (Å²) < 4.78 is 14.6. The molecular formula is C19H24FN7O2. The minimum atomic E-state index is -0.808. The maximum absolute atomic E-state index is 14.6. The van der Waals surface area contributed by atoms with Crippen LogP contribution in [-0.2, 0) is 4.79 Å². The molecule has 1 saturated heterocycles. The molecule has 1 fully saturated rings. The summed E-state index contributed by atoms with van der Waals surface area (Å²) in [5.74, 6) is -1.50. The lowest BCUT2D eigenvalue weighted by Gasteiger charge is -2.36. The summed E-state index contributed by atoms with van der Waals surface area (Å²) in [7, 11) is 0. The Labute approximate surface area is 167 Å². The molecule has 0 aliphatic carbocycles. The van der Waals surface area contributed by atoms with E-state index >= 15 is 0 Å². The second-order valence-electron chi connectivity index (χ2n) is 7.12. The molecule has 6 N–H and O–H groups in total. The van der Waals surface area contributed by atoms with E-state index in [1.807, 2.05) is 13.0 Å². The van der Waals surface area contributed by atoms with Crippen LogP contribution in [0.2, 0.25) is 0 Å². The van der Waals surface area contributed by atoms with Crippen molar-refractivity contribution in [3.63, 3.8) is 0 Å². The highest BCUT2D eigenvalue weighted by Crippen LogP contribution is 2.25. The first kappa shape index (κ1) is 20.5. The van der Waals surface area contributed by atoms with Gasteiger partial charge in [-0.25, -0.2) is 9.37 Å². The molecule has 3 rings (SSSR count). The number of hydrogen-bond acceptors (Lipinski definition) is 7. The van der Waals surface area contributed by atoms with Crippen LogP contribution in [0.3, 0.4) is 0 Å². The SMILES string of the molecule is CC(=O)N1CC[C@@H](Nc2nc(Nc3cncc(C)c3)c(C(N)=O)cc2F)[C@@H](N)C1. The van der Waals surface area contributed by atoms with Gasteiger partial charge in [-0.15, -0.1) is 0 Å². The Morgan fingerprint density at radius 1 is 1.28 bits per heavy atom. The number of hydrogen-bond donors (Lipinski definition) is 4. The summed E-state index contributed by atoms with van der Waals surface area (Å²) in [6.07, 6.45) is 3.79. The first-order valence-electron chi connectivity index (χ1n) is 9.21. The third kappa shape index (κ3) is 4.77. The number of rotatable bonds is 5. The molecule has 1 aliphatic heterocycles. The average molecular weight is 401 g/mol. The topological polar surface area (TPSA) is 139 Å². The Bertz CT molecular complexity index is 937. The van der Waals surface area contributed by atoms with Gasteiger partial charge in [-0.2, -0.15) is 0 Å². The summed E-state index contributed by atoms with van der Waals surface area (Å²) >= 11 is 0. The summed E-state index contributed by atoms with van der Waals surface area (Å²) in [5, 5.41) is 5.97. The molecule has 154 valence electrons. The zero-order valence-electron chi connectivity index (χ0n) is 16.3. The Morgan fingerprint density at radius 3 is 2.66 bits per heavy atom. The van der Waals surface area contributed by atoms with Gasteiger partial charge in [0.2, 0.25) is 5.91 Å². The standard InChI is InChI=1S/C19H24FN7O2/c1-10-5-12(8-23-7-10)24-18-13(17(22)29)6-14(20)19(26-18)25-16-3-4-27(11(2)28)9-15(16)21/h5-8,15-16H,3-4,9,21H2,1-2H3,(H2,22,29)(H2,24,25,26)/t15-,16+/m0/s1. The predicted octanol–water partition coefficient (Wildman–Crippen LogP) is 1.13. The number of aryl methyl sites for hydroxylation is 1. The minimum absolute atomic E-state index is 0.0464. The number of nitrogens with two attached hydrogens (primary N) is 2. The molecule has 2 atom stereocenters.